The van der Waals surface area contributed by atoms with E-state index >= 15 is 0 Å². The molecule has 184 valence electrons. The van der Waals surface area contributed by atoms with Crippen LogP contribution in [-0.2, 0) is 10.0 Å². The Morgan fingerprint density at radius 3 is 1.72 bits per heavy atom. The van der Waals surface area contributed by atoms with Gasteiger partial charge in [-0.3, -0.25) is 0 Å². The SMILES string of the molecule is CN(C)c1ccc(C(/C=C(/[Te]c2ccccc2)c2ccccc2)(O[Si](C)(C)C)c2ccccc2)cc1. The molecule has 4 aromatic carbocycles. The van der Waals surface area contributed by atoms with Crippen LogP contribution >= 0.6 is 0 Å². The molecule has 0 aliphatic carbocycles. The second-order valence-corrected chi connectivity index (χ2v) is 17.7. The monoisotopic (exact) mass is 607 g/mol. The van der Waals surface area contributed by atoms with E-state index in [9.17, 15) is 0 Å². The van der Waals surface area contributed by atoms with Gasteiger partial charge in [0.1, 0.15) is 0 Å². The predicted molar refractivity (Wildman–Crippen MR) is 159 cm³/mol. The van der Waals surface area contributed by atoms with Gasteiger partial charge in [-0.05, 0) is 0 Å². The van der Waals surface area contributed by atoms with Crippen molar-refractivity contribution < 1.29 is 4.43 Å². The van der Waals surface area contributed by atoms with Crippen molar-refractivity contribution in [2.45, 2.75) is 25.2 Å². The van der Waals surface area contributed by atoms with E-state index in [0.717, 1.165) is 5.56 Å². The molecule has 0 N–H and O–H groups in total. The zero-order chi connectivity index (χ0) is 25.6. The minimum absolute atomic E-state index is 0.669. The normalized spacial score (nSPS) is 13.8. The van der Waals surface area contributed by atoms with Crippen molar-refractivity contribution in [1.29, 1.82) is 0 Å². The van der Waals surface area contributed by atoms with Gasteiger partial charge in [-0.1, -0.05) is 0 Å². The molecule has 0 saturated carbocycles. The number of anilines is 1. The number of nitrogens with zero attached hydrogens (tertiary/aromatic N) is 1. The van der Waals surface area contributed by atoms with Gasteiger partial charge in [0.15, 0.2) is 0 Å². The average Bonchev–Trinajstić information content (AvgIpc) is 2.89. The Morgan fingerprint density at radius 1 is 0.694 bits per heavy atom. The second kappa shape index (κ2) is 11.6. The molecule has 0 saturated heterocycles. The van der Waals surface area contributed by atoms with Crippen LogP contribution < -0.4 is 8.51 Å². The van der Waals surface area contributed by atoms with Crippen LogP contribution in [0.2, 0.25) is 19.6 Å². The van der Waals surface area contributed by atoms with Gasteiger partial charge < -0.3 is 0 Å². The fraction of sp³-hybridized carbons (Fsp3) is 0.188. The molecule has 0 amide bonds. The summed E-state index contributed by atoms with van der Waals surface area (Å²) in [6.45, 7) is 6.84. The fourth-order valence-electron chi connectivity index (χ4n) is 4.23. The molecule has 36 heavy (non-hydrogen) atoms. The van der Waals surface area contributed by atoms with Gasteiger partial charge in [-0.15, -0.1) is 0 Å². The predicted octanol–water partition coefficient (Wildman–Crippen LogP) is 6.92. The Labute approximate surface area is 227 Å². The third-order valence-corrected chi connectivity index (χ3v) is 9.87. The second-order valence-electron chi connectivity index (χ2n) is 10.0. The van der Waals surface area contributed by atoms with Gasteiger partial charge in [0.25, 0.3) is 0 Å². The standard InChI is InChI=1S/C32H35NOSiTe/c1-33(2)29-23-21-28(22-24-29)32(34-35(3,4)5,27-17-11-7-12-18-27)25-31(26-15-9-6-10-16-26)36-30-19-13-8-14-20-30/h6-25H,1-5H3/b31-25+. The average molecular weight is 605 g/mol. The van der Waals surface area contributed by atoms with E-state index in [1.54, 1.807) is 0 Å². The van der Waals surface area contributed by atoms with Crippen molar-refractivity contribution in [3.05, 3.63) is 138 Å². The number of hydrogen-bond donors (Lipinski definition) is 0. The third kappa shape index (κ3) is 6.58. The first-order chi connectivity index (χ1) is 17.3. The van der Waals surface area contributed by atoms with Crippen LogP contribution in [0, 0.1) is 0 Å². The van der Waals surface area contributed by atoms with E-state index in [0.29, 0.717) is 0 Å². The summed E-state index contributed by atoms with van der Waals surface area (Å²) in [6.07, 6.45) is 2.44. The van der Waals surface area contributed by atoms with Crippen LogP contribution in [0.1, 0.15) is 16.7 Å². The topological polar surface area (TPSA) is 12.5 Å². The zero-order valence-corrected chi connectivity index (χ0v) is 25.1. The molecular weight excluding hydrogens is 570 g/mol. The molecule has 4 aromatic rings. The van der Waals surface area contributed by atoms with Gasteiger partial charge in [-0.2, -0.15) is 0 Å². The number of hydrogen-bond acceptors (Lipinski definition) is 2. The van der Waals surface area contributed by atoms with Crippen LogP contribution in [0.3, 0.4) is 0 Å². The van der Waals surface area contributed by atoms with E-state index in [1.165, 1.54) is 24.0 Å². The molecule has 0 heterocycles. The van der Waals surface area contributed by atoms with E-state index < -0.39 is 34.8 Å². The van der Waals surface area contributed by atoms with Gasteiger partial charge >= 0.3 is 229 Å². The van der Waals surface area contributed by atoms with E-state index in [-0.39, 0.29) is 0 Å². The molecule has 1 unspecified atom stereocenters. The molecule has 4 heteroatoms. The molecule has 0 fully saturated rings. The van der Waals surface area contributed by atoms with Crippen molar-refractivity contribution in [2.24, 2.45) is 0 Å². The van der Waals surface area contributed by atoms with Gasteiger partial charge in [0.05, 0.1) is 0 Å². The van der Waals surface area contributed by atoms with Crippen molar-refractivity contribution in [3.63, 3.8) is 0 Å². The molecule has 2 nitrogen and oxygen atoms in total. The molecule has 1 atom stereocenters. The van der Waals surface area contributed by atoms with E-state index in [1.807, 2.05) is 0 Å². The van der Waals surface area contributed by atoms with E-state index in [4.69, 9.17) is 4.43 Å². The summed E-state index contributed by atoms with van der Waals surface area (Å²) in [5, 5.41) is 0. The summed E-state index contributed by atoms with van der Waals surface area (Å²) in [5.41, 5.74) is 4.10. The molecule has 0 bridgehead atoms. The molecule has 0 aliphatic heterocycles. The van der Waals surface area contributed by atoms with Crippen LogP contribution in [0.15, 0.2) is 121 Å². The van der Waals surface area contributed by atoms with Crippen molar-refractivity contribution >= 4 is 42.2 Å². The Kier molecular flexibility index (Phi) is 8.54. The van der Waals surface area contributed by atoms with Crippen LogP contribution in [-0.4, -0.2) is 43.3 Å². The molecule has 0 aliphatic rings. The first-order valence-corrected chi connectivity index (χ1v) is 18.1. The summed E-state index contributed by atoms with van der Waals surface area (Å²) in [5.74, 6) is 0. The molecule has 0 spiro atoms. The Hall–Kier alpha value is -2.61. The van der Waals surface area contributed by atoms with Gasteiger partial charge in [0, 0.05) is 0 Å². The van der Waals surface area contributed by atoms with Gasteiger partial charge in [-0.25, -0.2) is 0 Å². The molecule has 4 rings (SSSR count). The quantitative estimate of drug-likeness (QED) is 0.192. The van der Waals surface area contributed by atoms with Gasteiger partial charge in [0.2, 0.25) is 0 Å². The van der Waals surface area contributed by atoms with Crippen LogP contribution in [0.4, 0.5) is 5.69 Å². The number of rotatable bonds is 9. The summed E-state index contributed by atoms with van der Waals surface area (Å²) < 4.78 is 10.1. The Bertz CT molecular complexity index is 1270. The first kappa shape index (κ1) is 26.4. The third-order valence-electron chi connectivity index (χ3n) is 5.85. The summed E-state index contributed by atoms with van der Waals surface area (Å²) in [4.78, 5) is 2.14. The van der Waals surface area contributed by atoms with Crippen LogP contribution in [0.25, 0.3) is 3.62 Å². The molecule has 0 aromatic heterocycles. The summed E-state index contributed by atoms with van der Waals surface area (Å²) in [6, 6.07) is 41.4. The van der Waals surface area contributed by atoms with E-state index in [2.05, 4.69) is 160 Å². The zero-order valence-electron chi connectivity index (χ0n) is 21.8. The Morgan fingerprint density at radius 2 is 1.19 bits per heavy atom. The maximum atomic E-state index is 7.26. The summed E-state index contributed by atoms with van der Waals surface area (Å²) >= 11 is -0.669. The summed E-state index contributed by atoms with van der Waals surface area (Å²) in [7, 11) is 2.17. The van der Waals surface area contributed by atoms with Crippen LogP contribution in [0.5, 0.6) is 0 Å². The first-order valence-electron chi connectivity index (χ1n) is 12.3. The van der Waals surface area contributed by atoms with Crippen molar-refractivity contribution in [2.75, 3.05) is 19.0 Å². The van der Waals surface area contributed by atoms with Crippen molar-refractivity contribution in [1.82, 2.24) is 0 Å². The maximum absolute atomic E-state index is 7.26. The minimum atomic E-state index is -1.99. The molecule has 0 radical (unpaired) electrons. The van der Waals surface area contributed by atoms with Crippen molar-refractivity contribution in [3.8, 4) is 0 Å². The fourth-order valence-corrected chi connectivity index (χ4v) is 8.42. The molecular formula is C32H35NOSiTe. The Balaban J connectivity index is 1.99. The number of benzene rings is 4.